The van der Waals surface area contributed by atoms with Gasteiger partial charge in [0.1, 0.15) is 11.6 Å². The zero-order valence-electron chi connectivity index (χ0n) is 20.5. The first kappa shape index (κ1) is 25.8. The first-order valence-corrected chi connectivity index (χ1v) is 11.6. The van der Waals surface area contributed by atoms with Crippen molar-refractivity contribution in [2.24, 2.45) is 16.1 Å². The molecular weight excluding hydrogens is 446 g/mol. The second kappa shape index (κ2) is 11.6. The fraction of sp³-hybridized carbons (Fsp3) is 0.370. The highest BCUT2D eigenvalue weighted by molar-refractivity contribution is 6.00. The smallest absolute Gasteiger partial charge is 0.417 e. The number of hydrogen-bond donors (Lipinski definition) is 0. The van der Waals surface area contributed by atoms with Crippen molar-refractivity contribution in [1.82, 2.24) is 4.90 Å². The number of likely N-dealkylation sites (tertiary alicyclic amines) is 1. The van der Waals surface area contributed by atoms with Crippen LogP contribution in [0, 0.1) is 5.92 Å². The largest absolute Gasteiger partial charge is 0.464 e. The lowest BCUT2D eigenvalue weighted by Crippen LogP contribution is -2.46. The fourth-order valence-electron chi connectivity index (χ4n) is 3.62. The molecule has 0 saturated carbocycles. The zero-order chi connectivity index (χ0) is 25.4. The number of benzene rings is 2. The summed E-state index contributed by atoms with van der Waals surface area (Å²) in [5, 5.41) is 8.42. The highest BCUT2D eigenvalue weighted by Gasteiger charge is 2.48. The topological polar surface area (TPSA) is 97.6 Å². The van der Waals surface area contributed by atoms with Gasteiger partial charge >= 0.3 is 12.1 Å². The average Bonchev–Trinajstić information content (AvgIpc) is 3.15. The molecule has 2 amide bonds. The summed E-state index contributed by atoms with van der Waals surface area (Å²) >= 11 is 0. The van der Waals surface area contributed by atoms with Crippen LogP contribution in [0.1, 0.15) is 46.1 Å². The van der Waals surface area contributed by atoms with Gasteiger partial charge in [-0.15, -0.1) is 0 Å². The maximum atomic E-state index is 13.0. The second-order valence-electron chi connectivity index (χ2n) is 9.15. The number of imide groups is 1. The quantitative estimate of drug-likeness (QED) is 0.348. The van der Waals surface area contributed by atoms with Gasteiger partial charge in [0, 0.05) is 5.92 Å². The van der Waals surface area contributed by atoms with Crippen molar-refractivity contribution >= 4 is 35.4 Å². The molecule has 184 valence electrons. The predicted molar refractivity (Wildman–Crippen MR) is 132 cm³/mol. The molecule has 8 heteroatoms. The highest BCUT2D eigenvalue weighted by Crippen LogP contribution is 2.30. The number of azo groups is 1. The number of carbonyl (C=O) groups is 3. The summed E-state index contributed by atoms with van der Waals surface area (Å²) in [6, 6.07) is 16.0. The number of hydrogen-bond acceptors (Lipinski definition) is 7. The molecule has 1 aliphatic rings. The van der Waals surface area contributed by atoms with Crippen molar-refractivity contribution in [3.05, 3.63) is 66.2 Å². The Balaban J connectivity index is 1.64. The van der Waals surface area contributed by atoms with E-state index in [1.807, 2.05) is 66.7 Å². The van der Waals surface area contributed by atoms with Crippen LogP contribution in [0.25, 0.3) is 6.08 Å². The van der Waals surface area contributed by atoms with E-state index in [0.717, 1.165) is 21.8 Å². The molecule has 0 spiro atoms. The van der Waals surface area contributed by atoms with Crippen LogP contribution in [0.15, 0.2) is 70.9 Å². The minimum atomic E-state index is -0.982. The number of allylic oxidation sites excluding steroid dienone is 1. The minimum Gasteiger partial charge on any atom is -0.464 e. The van der Waals surface area contributed by atoms with Gasteiger partial charge in [-0.05, 0) is 70.4 Å². The van der Waals surface area contributed by atoms with Gasteiger partial charge in [-0.25, -0.2) is 14.5 Å². The maximum absolute atomic E-state index is 13.0. The molecule has 1 fully saturated rings. The molecule has 0 bridgehead atoms. The monoisotopic (exact) mass is 477 g/mol. The molecule has 2 aromatic carbocycles. The van der Waals surface area contributed by atoms with Crippen molar-refractivity contribution in [3.63, 3.8) is 0 Å². The minimum absolute atomic E-state index is 0.164. The van der Waals surface area contributed by atoms with Gasteiger partial charge < -0.3 is 9.47 Å². The van der Waals surface area contributed by atoms with E-state index in [1.54, 1.807) is 27.7 Å². The molecule has 0 aromatic heterocycles. The Kier molecular flexibility index (Phi) is 8.52. The second-order valence-corrected chi connectivity index (χ2v) is 9.15. The van der Waals surface area contributed by atoms with E-state index in [2.05, 4.69) is 10.2 Å². The Hall–Kier alpha value is -3.81. The Bertz CT molecular complexity index is 1090. The van der Waals surface area contributed by atoms with Crippen molar-refractivity contribution in [3.8, 4) is 0 Å². The molecule has 2 atom stereocenters. The summed E-state index contributed by atoms with van der Waals surface area (Å²) in [7, 11) is 0. The number of ether oxygens (including phenoxy) is 2. The molecule has 35 heavy (non-hydrogen) atoms. The van der Waals surface area contributed by atoms with Crippen LogP contribution in [-0.4, -0.2) is 41.1 Å². The van der Waals surface area contributed by atoms with Gasteiger partial charge in [0.05, 0.1) is 18.0 Å². The Morgan fingerprint density at radius 1 is 1.03 bits per heavy atom. The molecular formula is C27H31N3O5. The van der Waals surface area contributed by atoms with Crippen LogP contribution < -0.4 is 0 Å². The third-order valence-electron chi connectivity index (χ3n) is 5.22. The molecule has 1 saturated heterocycles. The lowest BCUT2D eigenvalue weighted by Gasteiger charge is -2.26. The van der Waals surface area contributed by atoms with Crippen molar-refractivity contribution in [2.75, 3.05) is 6.61 Å². The number of carbonyl (C=O) groups excluding carboxylic acids is 3. The molecule has 0 radical (unpaired) electrons. The summed E-state index contributed by atoms with van der Waals surface area (Å²) in [6.45, 7) is 6.97. The van der Waals surface area contributed by atoms with Crippen molar-refractivity contribution in [2.45, 2.75) is 52.2 Å². The average molecular weight is 478 g/mol. The number of esters is 1. The normalized spacial score (nSPS) is 18.4. The summed E-state index contributed by atoms with van der Waals surface area (Å²) in [4.78, 5) is 39.0. The van der Waals surface area contributed by atoms with E-state index in [1.165, 1.54) is 0 Å². The lowest BCUT2D eigenvalue weighted by molar-refractivity contribution is -0.151. The van der Waals surface area contributed by atoms with E-state index < -0.39 is 35.5 Å². The lowest BCUT2D eigenvalue weighted by atomic mass is 10.0. The molecule has 0 N–H and O–H groups in total. The van der Waals surface area contributed by atoms with Gasteiger partial charge in [-0.2, -0.15) is 10.2 Å². The van der Waals surface area contributed by atoms with Crippen LogP contribution in [0.5, 0.6) is 0 Å². The van der Waals surface area contributed by atoms with Crippen LogP contribution in [0.4, 0.5) is 16.2 Å². The Morgan fingerprint density at radius 3 is 2.26 bits per heavy atom. The molecule has 1 heterocycles. The van der Waals surface area contributed by atoms with Crippen molar-refractivity contribution in [1.29, 1.82) is 0 Å². The third-order valence-corrected chi connectivity index (χ3v) is 5.22. The first-order valence-electron chi connectivity index (χ1n) is 11.6. The molecule has 2 aromatic rings. The van der Waals surface area contributed by atoms with Crippen LogP contribution >= 0.6 is 0 Å². The van der Waals surface area contributed by atoms with Crippen molar-refractivity contribution < 1.29 is 23.9 Å². The SMILES string of the molecule is CCOC(=O)[C@@H]1C[C@@H](CC=Cc2ccc(N=Nc3ccccc3)cc2)C(=O)N1C(=O)OC(C)(C)C. The Morgan fingerprint density at radius 2 is 1.66 bits per heavy atom. The predicted octanol–water partition coefficient (Wildman–Crippen LogP) is 6.22. The van der Waals surface area contributed by atoms with Gasteiger partial charge in [0.15, 0.2) is 0 Å². The van der Waals surface area contributed by atoms with Gasteiger partial charge in [-0.3, -0.25) is 4.79 Å². The summed E-state index contributed by atoms with van der Waals surface area (Å²) in [5.74, 6) is -1.55. The van der Waals surface area contributed by atoms with E-state index in [0.29, 0.717) is 6.42 Å². The van der Waals surface area contributed by atoms with Gasteiger partial charge in [0.25, 0.3) is 0 Å². The fourth-order valence-corrected chi connectivity index (χ4v) is 3.62. The molecule has 0 unspecified atom stereocenters. The maximum Gasteiger partial charge on any atom is 0.417 e. The van der Waals surface area contributed by atoms with E-state index in [4.69, 9.17) is 9.47 Å². The van der Waals surface area contributed by atoms with E-state index in [9.17, 15) is 14.4 Å². The third kappa shape index (κ3) is 7.34. The van der Waals surface area contributed by atoms with Crippen LogP contribution in [0.3, 0.4) is 0 Å². The summed E-state index contributed by atoms with van der Waals surface area (Å²) in [6.07, 6.45) is 3.50. The van der Waals surface area contributed by atoms with Crippen LogP contribution in [-0.2, 0) is 19.1 Å². The number of nitrogens with zero attached hydrogens (tertiary/aromatic N) is 3. The molecule has 0 aliphatic carbocycles. The zero-order valence-corrected chi connectivity index (χ0v) is 20.5. The van der Waals surface area contributed by atoms with Gasteiger partial charge in [0.2, 0.25) is 5.91 Å². The number of amides is 2. The van der Waals surface area contributed by atoms with Crippen LogP contribution in [0.2, 0.25) is 0 Å². The van der Waals surface area contributed by atoms with E-state index in [-0.39, 0.29) is 13.0 Å². The molecule has 3 rings (SSSR count). The molecule has 1 aliphatic heterocycles. The summed E-state index contributed by atoms with van der Waals surface area (Å²) < 4.78 is 10.4. The number of rotatable bonds is 7. The van der Waals surface area contributed by atoms with E-state index >= 15 is 0 Å². The standard InChI is InChI=1S/C27H31N3O5/c1-5-34-25(32)23-18-20(24(31)30(23)26(33)35-27(2,3)4)11-9-10-19-14-16-22(17-15-19)29-28-21-12-7-6-8-13-21/h6-10,12-17,20,23H,5,11,18H2,1-4H3/t20-,23+/m1/s1. The highest BCUT2D eigenvalue weighted by atomic mass is 16.6. The Labute approximate surface area is 205 Å². The first-order chi connectivity index (χ1) is 16.7. The van der Waals surface area contributed by atoms with Gasteiger partial charge in [-0.1, -0.05) is 42.5 Å². The summed E-state index contributed by atoms with van der Waals surface area (Å²) in [5.41, 5.74) is 1.64. The molecule has 8 nitrogen and oxygen atoms in total.